The highest BCUT2D eigenvalue weighted by Gasteiger charge is 2.41. The van der Waals surface area contributed by atoms with E-state index < -0.39 is 29.4 Å². The van der Waals surface area contributed by atoms with Gasteiger partial charge in [-0.05, 0) is 59.9 Å². The van der Waals surface area contributed by atoms with Gasteiger partial charge in [0.05, 0.1) is 0 Å². The molecule has 0 bridgehead atoms. The number of imide groups is 1. The minimum Gasteiger partial charge on any atom is -0.443 e. The summed E-state index contributed by atoms with van der Waals surface area (Å²) in [6.45, 7) is 10.7. The zero-order valence-corrected chi connectivity index (χ0v) is 18.2. The smallest absolute Gasteiger partial charge is 0.420 e. The summed E-state index contributed by atoms with van der Waals surface area (Å²) in [6, 6.07) is 8.87. The first-order chi connectivity index (χ1) is 13.4. The molecule has 160 valence electrons. The summed E-state index contributed by atoms with van der Waals surface area (Å²) < 4.78 is 10.8. The lowest BCUT2D eigenvalue weighted by Crippen LogP contribution is -2.54. The first-order valence-electron chi connectivity index (χ1n) is 9.95. The van der Waals surface area contributed by atoms with E-state index >= 15 is 0 Å². The fourth-order valence-corrected chi connectivity index (χ4v) is 3.14. The number of ether oxygens (including phenoxy) is 2. The number of carbonyl (C=O) groups excluding carboxylic acids is 3. The van der Waals surface area contributed by atoms with Crippen molar-refractivity contribution in [1.82, 2.24) is 10.2 Å². The third kappa shape index (κ3) is 6.76. The number of hydrogen-bond acceptors (Lipinski definition) is 5. The van der Waals surface area contributed by atoms with Crippen molar-refractivity contribution >= 4 is 18.1 Å². The van der Waals surface area contributed by atoms with Gasteiger partial charge in [0.2, 0.25) is 5.91 Å². The largest absolute Gasteiger partial charge is 0.443 e. The number of rotatable bonds is 2. The molecule has 0 saturated carbocycles. The van der Waals surface area contributed by atoms with Crippen LogP contribution in [0.1, 0.15) is 65.9 Å². The summed E-state index contributed by atoms with van der Waals surface area (Å²) in [7, 11) is 0. The lowest BCUT2D eigenvalue weighted by molar-refractivity contribution is -0.126. The topological polar surface area (TPSA) is 84.9 Å². The van der Waals surface area contributed by atoms with Crippen molar-refractivity contribution in [3.05, 3.63) is 35.9 Å². The molecule has 1 aromatic rings. The first-order valence-corrected chi connectivity index (χ1v) is 9.95. The number of hydrogen-bond donors (Lipinski definition) is 1. The molecule has 1 N–H and O–H groups in total. The molecule has 0 unspecified atom stereocenters. The second-order valence-electron chi connectivity index (χ2n) is 9.28. The van der Waals surface area contributed by atoms with Crippen molar-refractivity contribution in [2.45, 2.75) is 77.5 Å². The van der Waals surface area contributed by atoms with E-state index in [0.717, 1.165) is 10.5 Å². The molecule has 0 aromatic heterocycles. The van der Waals surface area contributed by atoms with Gasteiger partial charge in [-0.2, -0.15) is 4.90 Å². The van der Waals surface area contributed by atoms with Crippen LogP contribution in [0.3, 0.4) is 0 Å². The number of amides is 3. The fraction of sp³-hybridized carbons (Fsp3) is 0.591. The molecule has 2 atom stereocenters. The van der Waals surface area contributed by atoms with Gasteiger partial charge in [0.25, 0.3) is 0 Å². The molecule has 1 heterocycles. The molecule has 1 aliphatic heterocycles. The van der Waals surface area contributed by atoms with E-state index in [4.69, 9.17) is 9.47 Å². The average Bonchev–Trinajstić information content (AvgIpc) is 2.75. The van der Waals surface area contributed by atoms with E-state index in [0.29, 0.717) is 19.4 Å². The summed E-state index contributed by atoms with van der Waals surface area (Å²) >= 11 is 0. The molecule has 1 aromatic carbocycles. The zero-order chi connectivity index (χ0) is 21.8. The second kappa shape index (κ2) is 8.84. The molecule has 1 fully saturated rings. The summed E-state index contributed by atoms with van der Waals surface area (Å²) in [4.78, 5) is 39.3. The van der Waals surface area contributed by atoms with Gasteiger partial charge in [-0.1, -0.05) is 30.3 Å². The summed E-state index contributed by atoms with van der Waals surface area (Å²) in [6.07, 6.45) is -0.811. The molecular formula is C22H32N2O5. The maximum Gasteiger partial charge on any atom is 0.420 e. The Labute approximate surface area is 172 Å². The van der Waals surface area contributed by atoms with Crippen LogP contribution in [-0.2, 0) is 14.3 Å². The van der Waals surface area contributed by atoms with Crippen LogP contribution in [0.5, 0.6) is 0 Å². The SMILES string of the molecule is CC(C)(C)OC(=O)N(C(=O)OC(C)(C)C)[C@@H]1CC[C@@H](c2ccccc2)CNC1=O. The quantitative estimate of drug-likeness (QED) is 0.798. The summed E-state index contributed by atoms with van der Waals surface area (Å²) in [5.74, 6) is -0.288. The molecule has 0 radical (unpaired) electrons. The van der Waals surface area contributed by atoms with Crippen LogP contribution in [0.4, 0.5) is 9.59 Å². The zero-order valence-electron chi connectivity index (χ0n) is 18.2. The maximum atomic E-state index is 12.8. The van der Waals surface area contributed by atoms with E-state index in [1.807, 2.05) is 30.3 Å². The van der Waals surface area contributed by atoms with E-state index in [2.05, 4.69) is 5.32 Å². The van der Waals surface area contributed by atoms with Crippen LogP contribution >= 0.6 is 0 Å². The fourth-order valence-electron chi connectivity index (χ4n) is 3.14. The lowest BCUT2D eigenvalue weighted by atomic mass is 9.93. The summed E-state index contributed by atoms with van der Waals surface area (Å²) in [5.41, 5.74) is -0.523. The molecule has 7 heteroatoms. The third-order valence-corrected chi connectivity index (χ3v) is 4.38. The molecule has 1 saturated heterocycles. The Kier molecular flexibility index (Phi) is 6.93. The van der Waals surface area contributed by atoms with Crippen LogP contribution in [0.2, 0.25) is 0 Å². The highest BCUT2D eigenvalue weighted by atomic mass is 16.6. The van der Waals surface area contributed by atoms with Gasteiger partial charge < -0.3 is 14.8 Å². The average molecular weight is 405 g/mol. The summed E-state index contributed by atoms with van der Waals surface area (Å²) in [5, 5.41) is 2.86. The third-order valence-electron chi connectivity index (χ3n) is 4.38. The Morgan fingerprint density at radius 3 is 1.93 bits per heavy atom. The predicted octanol–water partition coefficient (Wildman–Crippen LogP) is 4.22. The van der Waals surface area contributed by atoms with Crippen LogP contribution < -0.4 is 5.32 Å². The van der Waals surface area contributed by atoms with Gasteiger partial charge in [-0.15, -0.1) is 0 Å². The minimum absolute atomic E-state index is 0.101. The highest BCUT2D eigenvalue weighted by molar-refractivity contribution is 5.95. The molecule has 3 amide bonds. The van der Waals surface area contributed by atoms with Crippen LogP contribution in [0, 0.1) is 0 Å². The monoisotopic (exact) mass is 404 g/mol. The Bertz CT molecular complexity index is 706. The van der Waals surface area contributed by atoms with Gasteiger partial charge in [0, 0.05) is 12.5 Å². The number of nitrogens with one attached hydrogen (secondary N) is 1. The predicted molar refractivity (Wildman–Crippen MR) is 110 cm³/mol. The van der Waals surface area contributed by atoms with Crippen LogP contribution in [0.15, 0.2) is 30.3 Å². The molecule has 7 nitrogen and oxygen atoms in total. The van der Waals surface area contributed by atoms with Gasteiger partial charge in [-0.3, -0.25) is 4.79 Å². The van der Waals surface area contributed by atoms with Crippen LogP contribution in [-0.4, -0.2) is 46.8 Å². The number of carbonyl (C=O) groups is 3. The van der Waals surface area contributed by atoms with Gasteiger partial charge >= 0.3 is 12.2 Å². The first kappa shape index (κ1) is 22.7. The lowest BCUT2D eigenvalue weighted by Gasteiger charge is -2.32. The van der Waals surface area contributed by atoms with Crippen molar-refractivity contribution in [1.29, 1.82) is 0 Å². The Hall–Kier alpha value is -2.57. The molecule has 0 aliphatic carbocycles. The van der Waals surface area contributed by atoms with Gasteiger partial charge in [-0.25, -0.2) is 9.59 Å². The molecule has 2 rings (SSSR count). The molecular weight excluding hydrogens is 372 g/mol. The molecule has 0 spiro atoms. The van der Waals surface area contributed by atoms with E-state index in [1.165, 1.54) is 0 Å². The van der Waals surface area contributed by atoms with E-state index in [9.17, 15) is 14.4 Å². The number of benzene rings is 1. The van der Waals surface area contributed by atoms with Crippen molar-refractivity contribution in [2.24, 2.45) is 0 Å². The molecule has 29 heavy (non-hydrogen) atoms. The van der Waals surface area contributed by atoms with Crippen molar-refractivity contribution in [3.8, 4) is 0 Å². The number of nitrogens with zero attached hydrogens (tertiary/aromatic N) is 1. The van der Waals surface area contributed by atoms with E-state index in [-0.39, 0.29) is 11.8 Å². The Morgan fingerprint density at radius 2 is 1.45 bits per heavy atom. The van der Waals surface area contributed by atoms with Gasteiger partial charge in [0.1, 0.15) is 17.2 Å². The van der Waals surface area contributed by atoms with Crippen molar-refractivity contribution in [3.63, 3.8) is 0 Å². The second-order valence-corrected chi connectivity index (χ2v) is 9.28. The Balaban J connectivity index is 2.27. The highest BCUT2D eigenvalue weighted by Crippen LogP contribution is 2.27. The van der Waals surface area contributed by atoms with Crippen molar-refractivity contribution in [2.75, 3.05) is 6.54 Å². The Morgan fingerprint density at radius 1 is 0.931 bits per heavy atom. The van der Waals surface area contributed by atoms with Crippen molar-refractivity contribution < 1.29 is 23.9 Å². The maximum absolute atomic E-state index is 12.8. The molecule has 1 aliphatic rings. The van der Waals surface area contributed by atoms with E-state index in [1.54, 1.807) is 41.5 Å². The standard InChI is InChI=1S/C22H32N2O5/c1-21(2,3)28-19(26)24(20(27)29-22(4,5)6)17-13-12-16(14-23-18(17)25)15-10-8-7-9-11-15/h7-11,16-17H,12-14H2,1-6H3,(H,23,25)/t16-,17-/m1/s1. The minimum atomic E-state index is -0.992. The normalized spacial score (nSPS) is 20.3. The van der Waals surface area contributed by atoms with Crippen LogP contribution in [0.25, 0.3) is 0 Å². The van der Waals surface area contributed by atoms with Gasteiger partial charge in [0.15, 0.2) is 0 Å².